The van der Waals surface area contributed by atoms with Crippen LogP contribution in [0.25, 0.3) is 0 Å². The number of rotatable bonds is 4. The molecule has 0 saturated carbocycles. The van der Waals surface area contributed by atoms with Crippen molar-refractivity contribution >= 4 is 5.97 Å². The fourth-order valence-electron chi connectivity index (χ4n) is 0.324. The fourth-order valence-corrected chi connectivity index (χ4v) is 0.324. The number of esters is 1. The average Bonchev–Trinajstić information content (AvgIpc) is 1.99. The van der Waals surface area contributed by atoms with Crippen LogP contribution < -0.4 is 0 Å². The highest BCUT2D eigenvalue weighted by Gasteiger charge is 1.96. The maximum Gasteiger partial charge on any atom is 0.331 e. The number of carbonyl (C=O) groups is 1. The van der Waals surface area contributed by atoms with Gasteiger partial charge in [-0.15, -0.1) is 0 Å². The van der Waals surface area contributed by atoms with E-state index in [1.807, 2.05) is 18.9 Å². The summed E-state index contributed by atoms with van der Waals surface area (Å²) in [6, 6.07) is 0. The minimum Gasteiger partial charge on any atom is -0.446 e. The first kappa shape index (κ1) is 9.17. The third-order valence-electron chi connectivity index (χ3n) is 1.13. The predicted octanol–water partition coefficient (Wildman–Crippen LogP) is 0.625. The first-order valence-corrected chi connectivity index (χ1v) is 3.18. The average molecular weight is 143 g/mol. The van der Waals surface area contributed by atoms with E-state index in [1.165, 1.54) is 0 Å². The Morgan fingerprint density at radius 2 is 2.40 bits per heavy atom. The van der Waals surface area contributed by atoms with Gasteiger partial charge < -0.3 is 4.74 Å². The smallest absolute Gasteiger partial charge is 0.331 e. The molecule has 0 radical (unpaired) electrons. The number of ether oxygens (including phenoxy) is 1. The van der Waals surface area contributed by atoms with Gasteiger partial charge in [0, 0.05) is 6.08 Å². The van der Waals surface area contributed by atoms with Gasteiger partial charge in [-0.1, -0.05) is 13.5 Å². The van der Waals surface area contributed by atoms with Crippen LogP contribution in [0, 0.1) is 0 Å². The van der Waals surface area contributed by atoms with Crippen molar-refractivity contribution in [3.05, 3.63) is 12.7 Å². The maximum atomic E-state index is 10.5. The molecule has 0 aromatic carbocycles. The first-order valence-electron chi connectivity index (χ1n) is 3.18. The molecule has 0 heterocycles. The SMILES string of the molecule is C=CC(=O)OCN(C)CC. The lowest BCUT2D eigenvalue weighted by Gasteiger charge is -2.12. The Hall–Kier alpha value is -0.830. The zero-order valence-corrected chi connectivity index (χ0v) is 6.46. The Balaban J connectivity index is 3.34. The summed E-state index contributed by atoms with van der Waals surface area (Å²) in [5, 5.41) is 0. The van der Waals surface area contributed by atoms with E-state index >= 15 is 0 Å². The van der Waals surface area contributed by atoms with Crippen molar-refractivity contribution in [1.82, 2.24) is 4.90 Å². The molecule has 0 aromatic heterocycles. The number of carbonyl (C=O) groups excluding carboxylic acids is 1. The van der Waals surface area contributed by atoms with Gasteiger partial charge in [0.1, 0.15) is 6.73 Å². The molecule has 0 N–H and O–H groups in total. The van der Waals surface area contributed by atoms with Gasteiger partial charge in [0.05, 0.1) is 0 Å². The van der Waals surface area contributed by atoms with Crippen molar-refractivity contribution < 1.29 is 9.53 Å². The van der Waals surface area contributed by atoms with E-state index in [9.17, 15) is 4.79 Å². The molecule has 0 aliphatic heterocycles. The molecular formula is C7H13NO2. The summed E-state index contributed by atoms with van der Waals surface area (Å²) >= 11 is 0. The van der Waals surface area contributed by atoms with Gasteiger partial charge in [0.15, 0.2) is 0 Å². The summed E-state index contributed by atoms with van der Waals surface area (Å²) < 4.78 is 4.71. The van der Waals surface area contributed by atoms with Crippen LogP contribution in [0.5, 0.6) is 0 Å². The summed E-state index contributed by atoms with van der Waals surface area (Å²) in [5.41, 5.74) is 0. The molecule has 0 unspecified atom stereocenters. The zero-order valence-electron chi connectivity index (χ0n) is 6.46. The van der Waals surface area contributed by atoms with Crippen LogP contribution >= 0.6 is 0 Å². The van der Waals surface area contributed by atoms with Crippen molar-refractivity contribution in [1.29, 1.82) is 0 Å². The number of hydrogen-bond donors (Lipinski definition) is 0. The standard InChI is InChI=1S/C7H13NO2/c1-4-7(9)10-6-8(3)5-2/h4H,1,5-6H2,2-3H3. The van der Waals surface area contributed by atoms with Crippen molar-refractivity contribution in [2.45, 2.75) is 6.92 Å². The maximum absolute atomic E-state index is 10.5. The number of nitrogens with zero attached hydrogens (tertiary/aromatic N) is 1. The van der Waals surface area contributed by atoms with E-state index < -0.39 is 0 Å². The summed E-state index contributed by atoms with van der Waals surface area (Å²) in [6.45, 7) is 6.46. The van der Waals surface area contributed by atoms with Crippen molar-refractivity contribution in [2.75, 3.05) is 20.3 Å². The lowest BCUT2D eigenvalue weighted by molar-refractivity contribution is -0.141. The molecule has 0 fully saturated rings. The molecule has 0 spiro atoms. The lowest BCUT2D eigenvalue weighted by atomic mass is 10.6. The van der Waals surface area contributed by atoms with Gasteiger partial charge >= 0.3 is 5.97 Å². The normalized spacial score (nSPS) is 9.50. The molecule has 0 bridgehead atoms. The van der Waals surface area contributed by atoms with E-state index in [2.05, 4.69) is 6.58 Å². The van der Waals surface area contributed by atoms with Crippen LogP contribution in [-0.4, -0.2) is 31.2 Å². The molecule has 3 nitrogen and oxygen atoms in total. The Morgan fingerprint density at radius 1 is 1.80 bits per heavy atom. The van der Waals surface area contributed by atoms with Crippen LogP contribution in [0.15, 0.2) is 12.7 Å². The summed E-state index contributed by atoms with van der Waals surface area (Å²) in [6.07, 6.45) is 1.16. The van der Waals surface area contributed by atoms with Crippen LogP contribution in [-0.2, 0) is 9.53 Å². The number of hydrogen-bond acceptors (Lipinski definition) is 3. The molecule has 0 aromatic rings. The molecule has 0 aliphatic rings. The Kier molecular flexibility index (Phi) is 4.58. The van der Waals surface area contributed by atoms with Gasteiger partial charge in [-0.25, -0.2) is 4.79 Å². The second kappa shape index (κ2) is 4.99. The molecule has 58 valence electrons. The van der Waals surface area contributed by atoms with Crippen LogP contribution in [0.1, 0.15) is 6.92 Å². The van der Waals surface area contributed by atoms with E-state index in [4.69, 9.17) is 4.74 Å². The largest absolute Gasteiger partial charge is 0.446 e. The highest BCUT2D eigenvalue weighted by Crippen LogP contribution is 1.83. The zero-order chi connectivity index (χ0) is 7.98. The monoisotopic (exact) mass is 143 g/mol. The molecule has 0 aliphatic carbocycles. The molecular weight excluding hydrogens is 130 g/mol. The molecule has 10 heavy (non-hydrogen) atoms. The Morgan fingerprint density at radius 3 is 2.80 bits per heavy atom. The van der Waals surface area contributed by atoms with Crippen LogP contribution in [0.3, 0.4) is 0 Å². The second-order valence-corrected chi connectivity index (χ2v) is 1.97. The topological polar surface area (TPSA) is 29.5 Å². The van der Waals surface area contributed by atoms with Gasteiger partial charge in [-0.2, -0.15) is 0 Å². The second-order valence-electron chi connectivity index (χ2n) is 1.97. The minimum atomic E-state index is -0.375. The van der Waals surface area contributed by atoms with Gasteiger partial charge in [-0.05, 0) is 13.6 Å². The fraction of sp³-hybridized carbons (Fsp3) is 0.571. The van der Waals surface area contributed by atoms with Crippen LogP contribution in [0.4, 0.5) is 0 Å². The predicted molar refractivity (Wildman–Crippen MR) is 39.5 cm³/mol. The Bertz CT molecular complexity index is 123. The Labute approximate surface area is 61.3 Å². The van der Waals surface area contributed by atoms with Crippen molar-refractivity contribution in [3.63, 3.8) is 0 Å². The summed E-state index contributed by atoms with van der Waals surface area (Å²) in [5.74, 6) is -0.375. The third-order valence-corrected chi connectivity index (χ3v) is 1.13. The highest BCUT2D eigenvalue weighted by molar-refractivity contribution is 5.81. The van der Waals surface area contributed by atoms with Crippen molar-refractivity contribution in [2.24, 2.45) is 0 Å². The van der Waals surface area contributed by atoms with Gasteiger partial charge in [-0.3, -0.25) is 4.90 Å². The summed E-state index contributed by atoms with van der Waals surface area (Å²) in [7, 11) is 1.87. The molecule has 0 rings (SSSR count). The molecule has 0 amide bonds. The van der Waals surface area contributed by atoms with Gasteiger partial charge in [0.25, 0.3) is 0 Å². The quantitative estimate of drug-likeness (QED) is 0.328. The third kappa shape index (κ3) is 4.09. The van der Waals surface area contributed by atoms with E-state index in [1.54, 1.807) is 0 Å². The molecule has 0 saturated heterocycles. The summed E-state index contributed by atoms with van der Waals surface area (Å²) in [4.78, 5) is 12.3. The van der Waals surface area contributed by atoms with Crippen LogP contribution in [0.2, 0.25) is 0 Å². The van der Waals surface area contributed by atoms with E-state index in [-0.39, 0.29) is 5.97 Å². The lowest BCUT2D eigenvalue weighted by Crippen LogP contribution is -2.22. The molecule has 3 heteroatoms. The van der Waals surface area contributed by atoms with Crippen molar-refractivity contribution in [3.8, 4) is 0 Å². The van der Waals surface area contributed by atoms with E-state index in [0.717, 1.165) is 12.6 Å². The molecule has 0 atom stereocenters. The van der Waals surface area contributed by atoms with Gasteiger partial charge in [0.2, 0.25) is 0 Å². The highest BCUT2D eigenvalue weighted by atomic mass is 16.5. The first-order chi connectivity index (χ1) is 4.70. The minimum absolute atomic E-state index is 0.335. The van der Waals surface area contributed by atoms with E-state index in [0.29, 0.717) is 6.73 Å².